The van der Waals surface area contributed by atoms with Crippen LogP contribution in [0.3, 0.4) is 0 Å². The van der Waals surface area contributed by atoms with Crippen LogP contribution in [0.15, 0.2) is 109 Å². The minimum absolute atomic E-state index is 0.108. The highest BCUT2D eigenvalue weighted by Gasteiger charge is 2.19. The molecule has 0 rings (SSSR count). The van der Waals surface area contributed by atoms with E-state index in [1.807, 2.05) is 36.5 Å². The van der Waals surface area contributed by atoms with E-state index in [4.69, 9.17) is 14.2 Å². The van der Waals surface area contributed by atoms with Gasteiger partial charge in [0.05, 0.1) is 0 Å². The Morgan fingerprint density at radius 2 is 0.667 bits per heavy atom. The molecule has 0 amide bonds. The number of ether oxygens (including phenoxy) is 3. The number of rotatable bonds is 47. The van der Waals surface area contributed by atoms with Gasteiger partial charge in [-0.3, -0.25) is 14.4 Å². The van der Waals surface area contributed by atoms with Crippen molar-refractivity contribution in [1.29, 1.82) is 0 Å². The van der Waals surface area contributed by atoms with Gasteiger partial charge in [0.1, 0.15) is 13.2 Å². The Labute approximate surface area is 406 Å². The van der Waals surface area contributed by atoms with Crippen molar-refractivity contribution in [1.82, 2.24) is 0 Å². The van der Waals surface area contributed by atoms with E-state index in [9.17, 15) is 14.4 Å². The molecule has 0 heterocycles. The van der Waals surface area contributed by atoms with E-state index >= 15 is 0 Å². The van der Waals surface area contributed by atoms with Gasteiger partial charge in [-0.2, -0.15) is 0 Å². The molecule has 0 N–H and O–H groups in total. The maximum atomic E-state index is 12.8. The molecule has 0 spiro atoms. The summed E-state index contributed by atoms with van der Waals surface area (Å²) >= 11 is 0. The molecule has 0 aromatic heterocycles. The van der Waals surface area contributed by atoms with Gasteiger partial charge in [-0.05, 0) is 83.5 Å². The van der Waals surface area contributed by atoms with Gasteiger partial charge in [0.25, 0.3) is 0 Å². The second-order valence-electron chi connectivity index (χ2n) is 17.5. The Kier molecular flexibility index (Phi) is 50.5. The number of hydrogen-bond donors (Lipinski definition) is 0. The van der Waals surface area contributed by atoms with Crippen molar-refractivity contribution in [3.63, 3.8) is 0 Å². The average Bonchev–Trinajstić information content (AvgIpc) is 3.31. The molecule has 374 valence electrons. The first-order valence-electron chi connectivity index (χ1n) is 26.9. The van der Waals surface area contributed by atoms with Crippen molar-refractivity contribution in [2.75, 3.05) is 13.2 Å². The second-order valence-corrected chi connectivity index (χ2v) is 17.5. The Balaban J connectivity index is 4.49. The van der Waals surface area contributed by atoms with Crippen LogP contribution in [0.5, 0.6) is 0 Å². The highest BCUT2D eigenvalue weighted by Crippen LogP contribution is 2.15. The zero-order chi connectivity index (χ0) is 47.9. The van der Waals surface area contributed by atoms with Crippen LogP contribution in [0.2, 0.25) is 0 Å². The van der Waals surface area contributed by atoms with Crippen LogP contribution in [0, 0.1) is 0 Å². The molecule has 0 aromatic carbocycles. The van der Waals surface area contributed by atoms with Crippen LogP contribution < -0.4 is 0 Å². The minimum atomic E-state index is -0.808. The molecule has 0 aromatic rings. The summed E-state index contributed by atoms with van der Waals surface area (Å²) in [7, 11) is 0. The predicted octanol–water partition coefficient (Wildman–Crippen LogP) is 17.9. The van der Waals surface area contributed by atoms with Gasteiger partial charge in [0, 0.05) is 19.3 Å². The van der Waals surface area contributed by atoms with Crippen LogP contribution >= 0.6 is 0 Å². The van der Waals surface area contributed by atoms with Crippen LogP contribution in [0.1, 0.15) is 233 Å². The monoisotopic (exact) mass is 915 g/mol. The molecule has 66 heavy (non-hydrogen) atoms. The van der Waals surface area contributed by atoms with Crippen LogP contribution in [-0.2, 0) is 28.6 Å². The zero-order valence-corrected chi connectivity index (χ0v) is 42.7. The molecule has 0 bridgehead atoms. The molecule has 0 aliphatic carbocycles. The summed E-state index contributed by atoms with van der Waals surface area (Å²) in [5, 5.41) is 0. The summed E-state index contributed by atoms with van der Waals surface area (Å²) in [6.45, 7) is 6.32. The van der Waals surface area contributed by atoms with Gasteiger partial charge in [-0.1, -0.05) is 239 Å². The summed E-state index contributed by atoms with van der Waals surface area (Å²) in [6, 6.07) is 0. The number of allylic oxidation sites excluding steroid dienone is 18. The molecule has 0 aliphatic rings. The highest BCUT2D eigenvalue weighted by molar-refractivity contribution is 5.71. The van der Waals surface area contributed by atoms with E-state index in [1.165, 1.54) is 83.5 Å². The Morgan fingerprint density at radius 3 is 1.11 bits per heavy atom. The molecular weight excluding hydrogens is 817 g/mol. The van der Waals surface area contributed by atoms with E-state index in [0.717, 1.165) is 109 Å². The predicted molar refractivity (Wildman–Crippen MR) is 283 cm³/mol. The topological polar surface area (TPSA) is 78.9 Å². The molecule has 6 nitrogen and oxygen atoms in total. The van der Waals surface area contributed by atoms with Crippen molar-refractivity contribution in [3.05, 3.63) is 109 Å². The summed E-state index contributed by atoms with van der Waals surface area (Å²) < 4.78 is 16.8. The van der Waals surface area contributed by atoms with E-state index in [2.05, 4.69) is 93.7 Å². The Bertz CT molecular complexity index is 1370. The quantitative estimate of drug-likeness (QED) is 0.0199. The van der Waals surface area contributed by atoms with Gasteiger partial charge in [-0.15, -0.1) is 0 Å². The molecule has 0 fully saturated rings. The fraction of sp³-hybridized carbons (Fsp3) is 0.650. The van der Waals surface area contributed by atoms with Crippen molar-refractivity contribution in [2.24, 2.45) is 0 Å². The molecule has 0 aliphatic heterocycles. The largest absolute Gasteiger partial charge is 0.462 e. The lowest BCUT2D eigenvalue weighted by molar-refractivity contribution is -0.167. The van der Waals surface area contributed by atoms with E-state index < -0.39 is 6.10 Å². The first-order valence-corrected chi connectivity index (χ1v) is 26.9. The normalized spacial score (nSPS) is 13.0. The Morgan fingerprint density at radius 1 is 0.333 bits per heavy atom. The maximum Gasteiger partial charge on any atom is 0.306 e. The number of unbranched alkanes of at least 4 members (excludes halogenated alkanes) is 21. The summed E-state index contributed by atoms with van der Waals surface area (Å²) in [4.78, 5) is 38.0. The first kappa shape index (κ1) is 62.1. The van der Waals surface area contributed by atoms with Gasteiger partial charge in [-0.25, -0.2) is 0 Å². The summed E-state index contributed by atoms with van der Waals surface area (Å²) in [5.74, 6) is -0.977. The van der Waals surface area contributed by atoms with Crippen molar-refractivity contribution in [2.45, 2.75) is 239 Å². The number of carbonyl (C=O) groups excluding carboxylic acids is 3. The van der Waals surface area contributed by atoms with Crippen LogP contribution in [0.4, 0.5) is 0 Å². The lowest BCUT2D eigenvalue weighted by atomic mass is 10.0. The molecular formula is C60H98O6. The number of hydrogen-bond acceptors (Lipinski definition) is 6. The van der Waals surface area contributed by atoms with Gasteiger partial charge >= 0.3 is 17.9 Å². The molecule has 0 radical (unpaired) electrons. The zero-order valence-electron chi connectivity index (χ0n) is 42.7. The fourth-order valence-corrected chi connectivity index (χ4v) is 7.13. The van der Waals surface area contributed by atoms with E-state index in [1.54, 1.807) is 0 Å². The van der Waals surface area contributed by atoms with Crippen molar-refractivity contribution >= 4 is 17.9 Å². The number of carbonyl (C=O) groups is 3. The maximum absolute atomic E-state index is 12.8. The van der Waals surface area contributed by atoms with Gasteiger partial charge < -0.3 is 14.2 Å². The molecule has 6 heteroatoms. The summed E-state index contributed by atoms with van der Waals surface area (Å²) in [6.07, 6.45) is 72.2. The molecule has 1 unspecified atom stereocenters. The SMILES string of the molecule is CC/C=C/C=C/C=C/C=C/CCCCCC(=O)OCC(COC(=O)CCCCC/C=C/C/C=C/C/C=C/C/C=C/C/C=C/CC)OC(=O)CCCCCCCCCCCCCCCCCC. The van der Waals surface area contributed by atoms with E-state index in [0.29, 0.717) is 19.3 Å². The highest BCUT2D eigenvalue weighted by atomic mass is 16.6. The summed E-state index contributed by atoms with van der Waals surface area (Å²) in [5.41, 5.74) is 0. The lowest BCUT2D eigenvalue weighted by Crippen LogP contribution is -2.30. The van der Waals surface area contributed by atoms with Crippen molar-refractivity contribution in [3.8, 4) is 0 Å². The van der Waals surface area contributed by atoms with Gasteiger partial charge in [0.15, 0.2) is 6.10 Å². The molecule has 0 saturated carbocycles. The number of esters is 3. The third-order valence-electron chi connectivity index (χ3n) is 11.1. The van der Waals surface area contributed by atoms with Gasteiger partial charge in [0.2, 0.25) is 0 Å². The second kappa shape index (κ2) is 53.7. The lowest BCUT2D eigenvalue weighted by Gasteiger charge is -2.18. The molecule has 1 atom stereocenters. The molecule has 0 saturated heterocycles. The smallest absolute Gasteiger partial charge is 0.306 e. The van der Waals surface area contributed by atoms with Crippen LogP contribution in [-0.4, -0.2) is 37.2 Å². The van der Waals surface area contributed by atoms with E-state index in [-0.39, 0.29) is 31.1 Å². The van der Waals surface area contributed by atoms with Crippen LogP contribution in [0.25, 0.3) is 0 Å². The Hall–Kier alpha value is -3.93. The minimum Gasteiger partial charge on any atom is -0.462 e. The average molecular weight is 915 g/mol. The third kappa shape index (κ3) is 51.1. The fourth-order valence-electron chi connectivity index (χ4n) is 7.13. The first-order chi connectivity index (χ1) is 32.5. The third-order valence-corrected chi connectivity index (χ3v) is 11.1. The standard InChI is InChI=1S/C60H98O6/c1-4-7-10-13-16-19-22-25-27-29-30-31-33-35-38-41-44-47-50-53-59(62)65-56-57(55-64-58(61)52-49-46-43-40-37-34-24-21-18-15-12-9-6-3)66-60(63)54-51-48-45-42-39-36-32-28-26-23-20-17-14-11-8-5-2/h7,9-10,12,15-16,18-19,21,24-25,27,30-31,34-35,37-38,57H,4-6,8,11,13-14,17,20,22-23,26,28-29,32-33,36,39-56H2,1-3H3/b10-7+,12-9+,18-15+,19-16+,24-21+,27-25+,31-30+,37-34+,38-35+. The van der Waals surface area contributed by atoms with Crippen molar-refractivity contribution < 1.29 is 28.6 Å².